The lowest BCUT2D eigenvalue weighted by molar-refractivity contribution is -0.147. The zero-order valence-corrected chi connectivity index (χ0v) is 13.2. The van der Waals surface area contributed by atoms with Crippen LogP contribution >= 0.6 is 0 Å². The molecule has 2 aliphatic rings. The molecule has 2 atom stereocenters. The van der Waals surface area contributed by atoms with Gasteiger partial charge in [0.15, 0.2) is 0 Å². The van der Waals surface area contributed by atoms with Gasteiger partial charge in [0.2, 0.25) is 11.8 Å². The molecule has 6 nitrogen and oxygen atoms in total. The number of nitrogens with one attached hydrogen (secondary N) is 1. The zero-order valence-electron chi connectivity index (χ0n) is 13.2. The summed E-state index contributed by atoms with van der Waals surface area (Å²) < 4.78 is 0. The van der Waals surface area contributed by atoms with E-state index in [4.69, 9.17) is 0 Å². The van der Waals surface area contributed by atoms with E-state index in [0.717, 1.165) is 6.54 Å². The molecule has 1 N–H and O–H groups in total. The van der Waals surface area contributed by atoms with E-state index in [1.807, 2.05) is 30.3 Å². The zero-order chi connectivity index (χ0) is 17.2. The Morgan fingerprint density at radius 1 is 1.04 bits per heavy atom. The molecule has 0 unspecified atom stereocenters. The van der Waals surface area contributed by atoms with E-state index in [1.165, 1.54) is 5.56 Å². The summed E-state index contributed by atoms with van der Waals surface area (Å²) >= 11 is 0. The van der Waals surface area contributed by atoms with E-state index in [9.17, 15) is 20.1 Å². The van der Waals surface area contributed by atoms with Crippen molar-refractivity contribution in [3.8, 4) is 12.1 Å². The summed E-state index contributed by atoms with van der Waals surface area (Å²) in [4.78, 5) is 26.4. The van der Waals surface area contributed by atoms with Crippen molar-refractivity contribution in [2.75, 3.05) is 13.1 Å². The molecule has 2 aliphatic heterocycles. The average molecular weight is 322 g/mol. The monoisotopic (exact) mass is 322 g/mol. The predicted molar refractivity (Wildman–Crippen MR) is 84.7 cm³/mol. The topological polar surface area (TPSA) is 97.0 Å². The quantitative estimate of drug-likeness (QED) is 0.825. The van der Waals surface area contributed by atoms with Gasteiger partial charge in [-0.05, 0) is 31.5 Å². The van der Waals surface area contributed by atoms with Crippen molar-refractivity contribution in [3.63, 3.8) is 0 Å². The van der Waals surface area contributed by atoms with Crippen molar-refractivity contribution in [3.05, 3.63) is 35.9 Å². The normalized spacial score (nSPS) is 26.4. The fourth-order valence-electron chi connectivity index (χ4n) is 3.88. The van der Waals surface area contributed by atoms with Crippen molar-refractivity contribution in [2.24, 2.45) is 17.3 Å². The van der Waals surface area contributed by atoms with Gasteiger partial charge in [0.05, 0.1) is 12.1 Å². The second-order valence-electron chi connectivity index (χ2n) is 6.47. The average Bonchev–Trinajstić information content (AvgIpc) is 2.58. The first kappa shape index (κ1) is 16.2. The van der Waals surface area contributed by atoms with E-state index >= 15 is 0 Å². The highest BCUT2D eigenvalue weighted by molar-refractivity contribution is 6.03. The Bertz CT molecular complexity index is 690. The van der Waals surface area contributed by atoms with Gasteiger partial charge in [0, 0.05) is 12.0 Å². The number of benzene rings is 1. The third-order valence-electron chi connectivity index (χ3n) is 5.21. The summed E-state index contributed by atoms with van der Waals surface area (Å²) in [6, 6.07) is 14.1. The van der Waals surface area contributed by atoms with Gasteiger partial charge in [-0.25, -0.2) is 0 Å². The number of amides is 2. The summed E-state index contributed by atoms with van der Waals surface area (Å²) in [6.45, 7) is 2.10. The summed E-state index contributed by atoms with van der Waals surface area (Å²) in [7, 11) is 0. The standard InChI is InChI=1S/C18H18N4O2/c19-10-14-16(23)21-17(24)15(11-20)18(14)6-8-22(9-7-18)12-13-4-2-1-3-5-13/h1-5,14-15H,6-9,12H2,(H,21,23,24)/t14-,15-/m0/s1. The van der Waals surface area contributed by atoms with Crippen molar-refractivity contribution >= 4 is 11.8 Å². The van der Waals surface area contributed by atoms with Gasteiger partial charge in [-0.15, -0.1) is 0 Å². The van der Waals surface area contributed by atoms with Crippen LogP contribution in [0.15, 0.2) is 30.3 Å². The maximum atomic E-state index is 12.1. The van der Waals surface area contributed by atoms with Crippen LogP contribution in [0.4, 0.5) is 0 Å². The molecule has 6 heteroatoms. The number of hydrogen-bond donors (Lipinski definition) is 1. The molecule has 0 bridgehead atoms. The molecule has 1 spiro atoms. The molecule has 0 radical (unpaired) electrons. The summed E-state index contributed by atoms with van der Waals surface area (Å²) in [5.74, 6) is -3.02. The Balaban J connectivity index is 1.78. The molecule has 2 amide bonds. The molecule has 0 saturated carbocycles. The van der Waals surface area contributed by atoms with Crippen LogP contribution in [0.25, 0.3) is 0 Å². The van der Waals surface area contributed by atoms with E-state index in [0.29, 0.717) is 25.9 Å². The number of rotatable bonds is 2. The van der Waals surface area contributed by atoms with E-state index < -0.39 is 29.1 Å². The van der Waals surface area contributed by atoms with Crippen LogP contribution in [0.2, 0.25) is 0 Å². The van der Waals surface area contributed by atoms with E-state index in [2.05, 4.69) is 22.3 Å². The Hall–Kier alpha value is -2.70. The number of nitrogens with zero attached hydrogens (tertiary/aromatic N) is 3. The first-order chi connectivity index (χ1) is 11.6. The molecule has 24 heavy (non-hydrogen) atoms. The Morgan fingerprint density at radius 2 is 1.58 bits per heavy atom. The maximum absolute atomic E-state index is 12.1. The number of carbonyl (C=O) groups is 2. The molecular formula is C18H18N4O2. The summed E-state index contributed by atoms with van der Waals surface area (Å²) in [6.07, 6.45) is 0.991. The molecule has 3 rings (SSSR count). The smallest absolute Gasteiger partial charge is 0.244 e. The van der Waals surface area contributed by atoms with Crippen LogP contribution in [-0.2, 0) is 16.1 Å². The highest BCUT2D eigenvalue weighted by Crippen LogP contribution is 2.47. The highest BCUT2D eigenvalue weighted by Gasteiger charge is 2.57. The Morgan fingerprint density at radius 3 is 2.08 bits per heavy atom. The van der Waals surface area contributed by atoms with Gasteiger partial charge >= 0.3 is 0 Å². The second kappa shape index (κ2) is 6.43. The SMILES string of the molecule is N#C[C@H]1C(=O)NC(=O)[C@H](C#N)C12CCN(Cc1ccccc1)CC2. The van der Waals surface area contributed by atoms with Crippen molar-refractivity contribution in [1.29, 1.82) is 10.5 Å². The maximum Gasteiger partial charge on any atom is 0.244 e. The number of likely N-dealkylation sites (tertiary alicyclic amines) is 1. The van der Waals surface area contributed by atoms with E-state index in [1.54, 1.807) is 0 Å². The van der Waals surface area contributed by atoms with Gasteiger partial charge in [-0.1, -0.05) is 30.3 Å². The molecule has 1 aromatic rings. The van der Waals surface area contributed by atoms with Crippen molar-refractivity contribution in [2.45, 2.75) is 19.4 Å². The van der Waals surface area contributed by atoms with Gasteiger partial charge in [-0.3, -0.25) is 19.8 Å². The van der Waals surface area contributed by atoms with Gasteiger partial charge in [0.25, 0.3) is 0 Å². The summed E-state index contributed by atoms with van der Waals surface area (Å²) in [5.41, 5.74) is 0.329. The van der Waals surface area contributed by atoms with Crippen molar-refractivity contribution in [1.82, 2.24) is 10.2 Å². The van der Waals surface area contributed by atoms with Crippen molar-refractivity contribution < 1.29 is 9.59 Å². The van der Waals surface area contributed by atoms with E-state index in [-0.39, 0.29) is 0 Å². The fraction of sp³-hybridized carbons (Fsp3) is 0.444. The van der Waals surface area contributed by atoms with Crippen LogP contribution in [0.1, 0.15) is 18.4 Å². The number of carbonyl (C=O) groups excluding carboxylic acids is 2. The highest BCUT2D eigenvalue weighted by atomic mass is 16.2. The minimum atomic E-state index is -0.946. The molecule has 122 valence electrons. The summed E-state index contributed by atoms with van der Waals surface area (Å²) in [5, 5.41) is 21.0. The third kappa shape index (κ3) is 2.66. The molecular weight excluding hydrogens is 304 g/mol. The fourth-order valence-corrected chi connectivity index (χ4v) is 3.88. The lowest BCUT2D eigenvalue weighted by Crippen LogP contribution is -2.60. The molecule has 2 saturated heterocycles. The number of nitriles is 2. The lowest BCUT2D eigenvalue weighted by Gasteiger charge is -2.47. The van der Waals surface area contributed by atoms with Crippen LogP contribution in [0.3, 0.4) is 0 Å². The Kier molecular flexibility index (Phi) is 4.33. The van der Waals surface area contributed by atoms with Gasteiger partial charge < -0.3 is 0 Å². The second-order valence-corrected chi connectivity index (χ2v) is 6.47. The van der Waals surface area contributed by atoms with Gasteiger partial charge in [-0.2, -0.15) is 10.5 Å². The molecule has 0 aliphatic carbocycles. The van der Waals surface area contributed by atoms with Gasteiger partial charge in [0.1, 0.15) is 11.8 Å². The minimum Gasteiger partial charge on any atom is -0.299 e. The van der Waals surface area contributed by atoms with Crippen LogP contribution in [-0.4, -0.2) is 29.8 Å². The molecule has 1 aromatic carbocycles. The molecule has 2 fully saturated rings. The lowest BCUT2D eigenvalue weighted by atomic mass is 9.59. The Labute approximate surface area is 140 Å². The third-order valence-corrected chi connectivity index (χ3v) is 5.21. The first-order valence-corrected chi connectivity index (χ1v) is 8.01. The molecule has 2 heterocycles. The number of hydrogen-bond acceptors (Lipinski definition) is 5. The van der Waals surface area contributed by atoms with Crippen LogP contribution < -0.4 is 5.32 Å². The van der Waals surface area contributed by atoms with Crippen LogP contribution in [0.5, 0.6) is 0 Å². The largest absolute Gasteiger partial charge is 0.299 e. The predicted octanol–water partition coefficient (Wildman–Crippen LogP) is 1.20. The number of imide groups is 1. The van der Waals surface area contributed by atoms with Crippen LogP contribution in [0, 0.1) is 39.9 Å². The number of piperidine rings is 2. The minimum absolute atomic E-state index is 0.495. The first-order valence-electron chi connectivity index (χ1n) is 8.01. The molecule has 0 aromatic heterocycles.